The molecule has 0 bridgehead atoms. The van der Waals surface area contributed by atoms with Crippen LogP contribution in [0.15, 0.2) is 55.0 Å². The van der Waals surface area contributed by atoms with E-state index < -0.39 is 0 Å². The van der Waals surface area contributed by atoms with Crippen LogP contribution in [0.3, 0.4) is 0 Å². The van der Waals surface area contributed by atoms with Crippen LogP contribution in [0.1, 0.15) is 43.1 Å². The number of pyridine rings is 1. The molecule has 0 saturated carbocycles. The Bertz CT molecular complexity index is 839. The molecule has 1 N–H and O–H groups in total. The fraction of sp³-hybridized carbons (Fsp3) is 0.316. The number of amides is 1. The number of carbonyl (C=O) groups is 1. The quantitative estimate of drug-likeness (QED) is 0.784. The first-order valence-corrected chi connectivity index (χ1v) is 8.11. The van der Waals surface area contributed by atoms with Crippen molar-refractivity contribution >= 4 is 11.6 Å². The molecule has 1 aromatic carbocycles. The van der Waals surface area contributed by atoms with Crippen molar-refractivity contribution in [1.82, 2.24) is 19.9 Å². The second-order valence-electron chi connectivity index (χ2n) is 6.84. The third kappa shape index (κ3) is 3.45. The first kappa shape index (κ1) is 16.2. The summed E-state index contributed by atoms with van der Waals surface area (Å²) in [5.74, 6) is -0.0815. The highest BCUT2D eigenvalue weighted by molar-refractivity contribution is 5.94. The summed E-state index contributed by atoms with van der Waals surface area (Å²) in [6.45, 7) is 6.45. The number of nitrogens with one attached hydrogen (secondary N) is 1. The first-order chi connectivity index (χ1) is 11.5. The smallest absolute Gasteiger partial charge is 0.252 e. The summed E-state index contributed by atoms with van der Waals surface area (Å²) in [4.78, 5) is 12.5. The van der Waals surface area contributed by atoms with Crippen molar-refractivity contribution in [2.24, 2.45) is 0 Å². The fourth-order valence-corrected chi connectivity index (χ4v) is 3.09. The van der Waals surface area contributed by atoms with Crippen LogP contribution in [0.2, 0.25) is 0 Å². The van der Waals surface area contributed by atoms with Crippen LogP contribution in [-0.4, -0.2) is 26.5 Å². The van der Waals surface area contributed by atoms with E-state index in [-0.39, 0.29) is 17.4 Å². The van der Waals surface area contributed by atoms with Crippen molar-refractivity contribution in [2.75, 3.05) is 0 Å². The van der Waals surface area contributed by atoms with Gasteiger partial charge in [0.1, 0.15) is 6.33 Å². The topological polar surface area (TPSA) is 59.3 Å². The van der Waals surface area contributed by atoms with E-state index >= 15 is 0 Å². The number of fused-ring (bicyclic) bond motifs is 1. The highest BCUT2D eigenvalue weighted by Gasteiger charge is 2.24. The van der Waals surface area contributed by atoms with Gasteiger partial charge in [0, 0.05) is 12.2 Å². The summed E-state index contributed by atoms with van der Waals surface area (Å²) in [5.41, 5.74) is 2.60. The fourth-order valence-electron chi connectivity index (χ4n) is 3.09. The normalized spacial score (nSPS) is 13.0. The maximum atomic E-state index is 12.5. The van der Waals surface area contributed by atoms with E-state index in [2.05, 4.69) is 53.6 Å². The Morgan fingerprint density at radius 3 is 2.71 bits per heavy atom. The van der Waals surface area contributed by atoms with Gasteiger partial charge in [-0.1, -0.05) is 44.2 Å². The molecule has 3 aromatic rings. The summed E-state index contributed by atoms with van der Waals surface area (Å²) < 4.78 is 1.74. The van der Waals surface area contributed by atoms with Gasteiger partial charge in [0.25, 0.3) is 5.91 Å². The van der Waals surface area contributed by atoms with Crippen molar-refractivity contribution < 1.29 is 4.79 Å². The molecule has 0 unspecified atom stereocenters. The van der Waals surface area contributed by atoms with E-state index in [1.54, 1.807) is 29.1 Å². The van der Waals surface area contributed by atoms with Crippen molar-refractivity contribution in [2.45, 2.75) is 38.6 Å². The molecule has 24 heavy (non-hydrogen) atoms. The lowest BCUT2D eigenvalue weighted by Crippen LogP contribution is -2.37. The molecule has 0 radical (unpaired) electrons. The monoisotopic (exact) mass is 322 g/mol. The molecule has 1 atom stereocenters. The molecule has 5 nitrogen and oxygen atoms in total. The van der Waals surface area contributed by atoms with E-state index in [0.29, 0.717) is 5.56 Å². The number of carbonyl (C=O) groups excluding carboxylic acids is 1. The van der Waals surface area contributed by atoms with E-state index in [0.717, 1.165) is 12.1 Å². The van der Waals surface area contributed by atoms with Gasteiger partial charge in [-0.2, -0.15) is 0 Å². The summed E-state index contributed by atoms with van der Waals surface area (Å²) in [6, 6.07) is 14.0. The molecule has 2 heterocycles. The van der Waals surface area contributed by atoms with E-state index in [4.69, 9.17) is 0 Å². The Balaban J connectivity index is 1.67. The van der Waals surface area contributed by atoms with Gasteiger partial charge in [0.2, 0.25) is 0 Å². The molecule has 0 spiro atoms. The average Bonchev–Trinajstić information content (AvgIpc) is 3.02. The number of hydrogen-bond donors (Lipinski definition) is 1. The zero-order valence-electron chi connectivity index (χ0n) is 14.2. The third-order valence-electron chi connectivity index (χ3n) is 4.30. The van der Waals surface area contributed by atoms with Gasteiger partial charge in [-0.05, 0) is 36.5 Å². The second-order valence-corrected chi connectivity index (χ2v) is 6.84. The van der Waals surface area contributed by atoms with Gasteiger partial charge in [-0.15, -0.1) is 10.2 Å². The van der Waals surface area contributed by atoms with Crippen molar-refractivity contribution in [3.8, 4) is 0 Å². The van der Waals surface area contributed by atoms with Gasteiger partial charge in [0.05, 0.1) is 5.56 Å². The predicted molar refractivity (Wildman–Crippen MR) is 94.0 cm³/mol. The zero-order chi connectivity index (χ0) is 17.2. The van der Waals surface area contributed by atoms with Crippen molar-refractivity contribution in [3.63, 3.8) is 0 Å². The van der Waals surface area contributed by atoms with Crippen LogP contribution in [-0.2, 0) is 5.41 Å². The molecule has 0 fully saturated rings. The third-order valence-corrected chi connectivity index (χ3v) is 4.30. The molecular formula is C19H22N4O. The van der Waals surface area contributed by atoms with Crippen molar-refractivity contribution in [1.29, 1.82) is 0 Å². The Morgan fingerprint density at radius 1 is 1.21 bits per heavy atom. The Hall–Kier alpha value is -2.69. The molecule has 124 valence electrons. The van der Waals surface area contributed by atoms with E-state index in [9.17, 15) is 4.79 Å². The molecule has 0 aliphatic carbocycles. The minimum absolute atomic E-state index is 0.00776. The Kier molecular flexibility index (Phi) is 4.34. The minimum Gasteiger partial charge on any atom is -0.350 e. The van der Waals surface area contributed by atoms with E-state index in [1.807, 2.05) is 13.0 Å². The second kappa shape index (κ2) is 6.43. The van der Waals surface area contributed by atoms with Crippen LogP contribution in [0.4, 0.5) is 0 Å². The van der Waals surface area contributed by atoms with E-state index in [1.165, 1.54) is 5.56 Å². The largest absolute Gasteiger partial charge is 0.350 e. The number of nitrogens with zero attached hydrogens (tertiary/aromatic N) is 3. The first-order valence-electron chi connectivity index (χ1n) is 8.11. The van der Waals surface area contributed by atoms with Crippen molar-refractivity contribution in [3.05, 3.63) is 66.1 Å². The van der Waals surface area contributed by atoms with Crippen LogP contribution >= 0.6 is 0 Å². The molecular weight excluding hydrogens is 300 g/mol. The average molecular weight is 322 g/mol. The van der Waals surface area contributed by atoms with Gasteiger partial charge in [-0.3, -0.25) is 9.20 Å². The summed E-state index contributed by atoms with van der Waals surface area (Å²) in [5, 5.41) is 10.9. The highest BCUT2D eigenvalue weighted by Crippen LogP contribution is 2.28. The molecule has 5 heteroatoms. The minimum atomic E-state index is -0.0815. The van der Waals surface area contributed by atoms with Crippen LogP contribution in [0.5, 0.6) is 0 Å². The van der Waals surface area contributed by atoms with Gasteiger partial charge >= 0.3 is 0 Å². The summed E-state index contributed by atoms with van der Waals surface area (Å²) >= 11 is 0. The lowest BCUT2D eigenvalue weighted by molar-refractivity contribution is 0.0934. The zero-order valence-corrected chi connectivity index (χ0v) is 14.2. The molecule has 0 saturated heterocycles. The number of benzene rings is 1. The predicted octanol–water partition coefficient (Wildman–Crippen LogP) is 3.22. The van der Waals surface area contributed by atoms with Gasteiger partial charge in [-0.25, -0.2) is 0 Å². The highest BCUT2D eigenvalue weighted by atomic mass is 16.1. The standard InChI is InChI=1S/C19H22N4O/c1-14(11-19(2,3)16-7-5-4-6-8-16)21-18(24)15-9-10-17-22-20-13-23(17)12-15/h4-10,12-14H,11H2,1-3H3,(H,21,24)/t14-/m1/s1. The molecule has 2 aromatic heterocycles. The van der Waals surface area contributed by atoms with Crippen LogP contribution in [0.25, 0.3) is 5.65 Å². The summed E-state index contributed by atoms with van der Waals surface area (Å²) in [6.07, 6.45) is 4.20. The van der Waals surface area contributed by atoms with Gasteiger partial charge in [0.15, 0.2) is 5.65 Å². The SMILES string of the molecule is C[C@H](CC(C)(C)c1ccccc1)NC(=O)c1ccc2nncn2c1. The Labute approximate surface area is 141 Å². The van der Waals surface area contributed by atoms with Crippen LogP contribution in [0, 0.1) is 0 Å². The lowest BCUT2D eigenvalue weighted by Gasteiger charge is -2.29. The maximum absolute atomic E-state index is 12.5. The number of aromatic nitrogens is 3. The van der Waals surface area contributed by atoms with Gasteiger partial charge < -0.3 is 5.32 Å². The molecule has 0 aliphatic heterocycles. The maximum Gasteiger partial charge on any atom is 0.252 e. The number of hydrogen-bond acceptors (Lipinski definition) is 3. The van der Waals surface area contributed by atoms with Crippen LogP contribution < -0.4 is 5.32 Å². The molecule has 0 aliphatic rings. The number of rotatable bonds is 5. The lowest BCUT2D eigenvalue weighted by atomic mass is 9.79. The Morgan fingerprint density at radius 2 is 1.96 bits per heavy atom. The molecule has 3 rings (SSSR count). The molecule has 1 amide bonds. The summed E-state index contributed by atoms with van der Waals surface area (Å²) in [7, 11) is 0.